The van der Waals surface area contributed by atoms with Gasteiger partial charge in [-0.15, -0.1) is 0 Å². The van der Waals surface area contributed by atoms with Crippen LogP contribution < -0.4 is 15.4 Å². The third-order valence-corrected chi connectivity index (χ3v) is 8.66. The van der Waals surface area contributed by atoms with Gasteiger partial charge in [0.25, 0.3) is 0 Å². The molecule has 2 N–H and O–H groups in total. The number of methoxy groups -OCH3 is 1. The van der Waals surface area contributed by atoms with E-state index in [1.54, 1.807) is 33.1 Å². The van der Waals surface area contributed by atoms with Crippen molar-refractivity contribution in [2.45, 2.75) is 57.3 Å². The summed E-state index contributed by atoms with van der Waals surface area (Å²) in [7, 11) is 1.58. The Morgan fingerprint density at radius 3 is 2.42 bits per heavy atom. The molecule has 45 heavy (non-hydrogen) atoms. The van der Waals surface area contributed by atoms with Crippen LogP contribution in [0.25, 0.3) is 0 Å². The van der Waals surface area contributed by atoms with Crippen molar-refractivity contribution in [3.63, 3.8) is 0 Å². The third kappa shape index (κ3) is 8.62. The molecule has 3 aliphatic rings. The average molecular weight is 619 g/mol. The highest BCUT2D eigenvalue weighted by Crippen LogP contribution is 2.30. The second kappa shape index (κ2) is 14.4. The number of hydrogen-bond acceptors (Lipinski definition) is 9. The van der Waals surface area contributed by atoms with Gasteiger partial charge in [0, 0.05) is 31.6 Å². The minimum atomic E-state index is -0.948. The van der Waals surface area contributed by atoms with Crippen molar-refractivity contribution < 1.29 is 33.4 Å². The molecule has 2 amide bonds. The number of nitrogens with zero attached hydrogens (tertiary/aromatic N) is 2. The fourth-order valence-electron chi connectivity index (χ4n) is 5.68. The molecule has 4 unspecified atom stereocenters. The predicted octanol–water partition coefficient (Wildman–Crippen LogP) is 1.67. The number of hydrogen-bond donors (Lipinski definition) is 2. The van der Waals surface area contributed by atoms with Crippen LogP contribution in [0, 0.1) is 5.92 Å². The van der Waals surface area contributed by atoms with Crippen molar-refractivity contribution in [3.05, 3.63) is 64.7 Å². The fraction of sp³-hybridized carbons (Fsp3) is 0.500. The van der Waals surface area contributed by atoms with Crippen LogP contribution in [0.2, 0.25) is 0 Å². The summed E-state index contributed by atoms with van der Waals surface area (Å²) in [5.74, 6) is -1.23. The van der Waals surface area contributed by atoms with Gasteiger partial charge in [0.1, 0.15) is 11.4 Å². The summed E-state index contributed by atoms with van der Waals surface area (Å²) in [5, 5.41) is 5.77. The molecule has 0 saturated carbocycles. The van der Waals surface area contributed by atoms with Crippen LogP contribution in [0.5, 0.6) is 5.75 Å². The fourth-order valence-corrected chi connectivity index (χ4v) is 5.68. The van der Waals surface area contributed by atoms with E-state index in [1.165, 1.54) is 0 Å². The van der Waals surface area contributed by atoms with E-state index < -0.39 is 29.5 Å². The van der Waals surface area contributed by atoms with Crippen LogP contribution in [0.1, 0.15) is 42.5 Å². The Kier molecular flexibility index (Phi) is 10.4. The summed E-state index contributed by atoms with van der Waals surface area (Å²) in [6.45, 7) is 6.92. The molecule has 2 saturated heterocycles. The zero-order chi connectivity index (χ0) is 32.0. The number of carbonyl (C=O) groups is 4. The molecule has 11 nitrogen and oxygen atoms in total. The molecular weight excluding hydrogens is 576 g/mol. The number of Topliss-reactive ketones (excluding diaryl/α,β-unsaturated/α-hetero) is 2. The van der Waals surface area contributed by atoms with Crippen LogP contribution in [0.15, 0.2) is 47.5 Å². The van der Waals surface area contributed by atoms with Crippen LogP contribution in [0.4, 0.5) is 0 Å². The minimum Gasteiger partial charge on any atom is -0.497 e. The van der Waals surface area contributed by atoms with E-state index in [2.05, 4.69) is 15.6 Å². The molecule has 2 fully saturated rings. The highest BCUT2D eigenvalue weighted by atomic mass is 16.6. The number of ketones is 2. The first kappa shape index (κ1) is 32.5. The average Bonchev–Trinajstić information content (AvgIpc) is 3.62. The van der Waals surface area contributed by atoms with Crippen molar-refractivity contribution in [1.29, 1.82) is 0 Å². The van der Waals surface area contributed by atoms with E-state index in [0.717, 1.165) is 22.3 Å². The Hall–Kier alpha value is -3.93. The summed E-state index contributed by atoms with van der Waals surface area (Å²) in [5.41, 5.74) is 2.91. The lowest BCUT2D eigenvalue weighted by Gasteiger charge is -2.27. The van der Waals surface area contributed by atoms with Crippen molar-refractivity contribution in [3.8, 4) is 5.75 Å². The highest BCUT2D eigenvalue weighted by molar-refractivity contribution is 5.98. The summed E-state index contributed by atoms with van der Waals surface area (Å²) >= 11 is 0. The Morgan fingerprint density at radius 2 is 1.73 bits per heavy atom. The number of ether oxygens (including phenoxy) is 3. The molecular formula is C34H42N4O7. The first-order chi connectivity index (χ1) is 21.6. The zero-order valence-corrected chi connectivity index (χ0v) is 26.2. The van der Waals surface area contributed by atoms with Gasteiger partial charge in [-0.2, -0.15) is 0 Å². The van der Waals surface area contributed by atoms with Crippen molar-refractivity contribution in [1.82, 2.24) is 15.5 Å². The molecule has 0 radical (unpaired) electrons. The molecule has 240 valence electrons. The number of fused-ring (bicyclic) bond motifs is 1. The first-order valence-corrected chi connectivity index (χ1v) is 15.5. The van der Waals surface area contributed by atoms with Crippen molar-refractivity contribution in [2.24, 2.45) is 10.9 Å². The molecule has 2 aromatic carbocycles. The van der Waals surface area contributed by atoms with Gasteiger partial charge in [-0.3, -0.25) is 29.1 Å². The van der Waals surface area contributed by atoms with E-state index in [9.17, 15) is 19.2 Å². The van der Waals surface area contributed by atoms with Gasteiger partial charge in [-0.25, -0.2) is 0 Å². The van der Waals surface area contributed by atoms with Gasteiger partial charge < -0.3 is 24.8 Å². The van der Waals surface area contributed by atoms with Gasteiger partial charge in [-0.1, -0.05) is 24.3 Å². The smallest absolute Gasteiger partial charge is 0.234 e. The van der Waals surface area contributed by atoms with Gasteiger partial charge in [-0.05, 0) is 67.1 Å². The number of aliphatic imine (C=N–C) groups is 1. The number of carbonyl (C=O) groups excluding carboxylic acids is 4. The third-order valence-electron chi connectivity index (χ3n) is 8.66. The second-order valence-corrected chi connectivity index (χ2v) is 12.2. The van der Waals surface area contributed by atoms with Crippen LogP contribution in [-0.4, -0.2) is 98.7 Å². The second-order valence-electron chi connectivity index (χ2n) is 12.2. The summed E-state index contributed by atoms with van der Waals surface area (Å²) in [4.78, 5) is 59.9. The standard InChI is InChI=1S/C34H42N4O7/c1-22(36-31(40)20-38-10-12-44-13-11-38)30(39)17-26(14-23-5-8-28(43-3)9-6-23)33(42)37-29(32(41)34(2)21-45-34)16-24-4-7-25-18-35-19-27(25)15-24/h4-9,15,19,22,26,29H,10-14,16-18,20-21H2,1-3H3,(H,36,40)(H,37,42). The maximum Gasteiger partial charge on any atom is 0.234 e. The topological polar surface area (TPSA) is 139 Å². The molecule has 4 atom stereocenters. The van der Waals surface area contributed by atoms with Crippen molar-refractivity contribution >= 4 is 29.6 Å². The normalized spacial score (nSPS) is 20.9. The van der Waals surface area contributed by atoms with E-state index in [1.807, 2.05) is 41.4 Å². The molecule has 3 heterocycles. The quantitative estimate of drug-likeness (QED) is 0.288. The van der Waals surface area contributed by atoms with E-state index in [0.29, 0.717) is 45.2 Å². The molecule has 0 aromatic heterocycles. The summed E-state index contributed by atoms with van der Waals surface area (Å²) < 4.78 is 16.1. The highest BCUT2D eigenvalue weighted by Gasteiger charge is 2.50. The Balaban J connectivity index is 1.30. The van der Waals surface area contributed by atoms with E-state index >= 15 is 0 Å². The lowest BCUT2D eigenvalue weighted by atomic mass is 9.89. The Bertz CT molecular complexity index is 1430. The molecule has 3 aliphatic heterocycles. The van der Waals surface area contributed by atoms with Gasteiger partial charge in [0.2, 0.25) is 11.8 Å². The Labute approximate surface area is 263 Å². The van der Waals surface area contributed by atoms with Gasteiger partial charge in [0.05, 0.1) is 52.1 Å². The number of nitrogens with one attached hydrogen (secondary N) is 2. The Morgan fingerprint density at radius 1 is 1.02 bits per heavy atom. The lowest BCUT2D eigenvalue weighted by Crippen LogP contribution is -2.50. The summed E-state index contributed by atoms with van der Waals surface area (Å²) in [6, 6.07) is 11.6. The first-order valence-electron chi connectivity index (χ1n) is 15.5. The summed E-state index contributed by atoms with van der Waals surface area (Å²) in [6.07, 6.45) is 2.25. The van der Waals surface area contributed by atoms with E-state index in [-0.39, 0.29) is 43.3 Å². The molecule has 2 aromatic rings. The number of amides is 2. The molecule has 0 aliphatic carbocycles. The van der Waals surface area contributed by atoms with Crippen LogP contribution in [0.3, 0.4) is 0 Å². The SMILES string of the molecule is COc1ccc(CC(CC(=O)C(C)NC(=O)CN2CCOCC2)C(=O)NC(Cc2ccc3c(c2)C=NC3)C(=O)C2(C)CO2)cc1. The van der Waals surface area contributed by atoms with Crippen LogP contribution >= 0.6 is 0 Å². The number of rotatable bonds is 15. The molecule has 5 rings (SSSR count). The number of benzene rings is 2. The monoisotopic (exact) mass is 618 g/mol. The zero-order valence-electron chi connectivity index (χ0n) is 26.2. The van der Waals surface area contributed by atoms with Gasteiger partial charge >= 0.3 is 0 Å². The largest absolute Gasteiger partial charge is 0.497 e. The number of epoxide rings is 1. The molecule has 0 bridgehead atoms. The van der Waals surface area contributed by atoms with E-state index in [4.69, 9.17) is 14.2 Å². The maximum absolute atomic E-state index is 13.9. The lowest BCUT2D eigenvalue weighted by molar-refractivity contribution is -0.134. The molecule has 0 spiro atoms. The van der Waals surface area contributed by atoms with Crippen molar-refractivity contribution in [2.75, 3.05) is 46.6 Å². The van der Waals surface area contributed by atoms with Gasteiger partial charge in [0.15, 0.2) is 11.6 Å². The number of morpholine rings is 1. The van der Waals surface area contributed by atoms with Crippen LogP contribution in [-0.2, 0) is 48.0 Å². The molecule has 11 heteroatoms. The minimum absolute atomic E-state index is 0.110. The predicted molar refractivity (Wildman–Crippen MR) is 167 cm³/mol. The maximum atomic E-state index is 13.9.